The molecule has 0 fully saturated rings. The van der Waals surface area contributed by atoms with Crippen LogP contribution in [0.15, 0.2) is 77.9 Å². The van der Waals surface area contributed by atoms with Gasteiger partial charge < -0.3 is 14.2 Å². The van der Waals surface area contributed by atoms with E-state index in [2.05, 4.69) is 10.5 Å². The van der Waals surface area contributed by atoms with Crippen LogP contribution in [-0.4, -0.2) is 19.9 Å². The van der Waals surface area contributed by atoms with Gasteiger partial charge in [0, 0.05) is 0 Å². The van der Waals surface area contributed by atoms with Crippen molar-refractivity contribution in [3.05, 3.63) is 83.9 Å². The number of anilines is 1. The fourth-order valence-electron chi connectivity index (χ4n) is 2.61. The van der Waals surface area contributed by atoms with Crippen molar-refractivity contribution in [2.45, 2.75) is 13.5 Å². The van der Waals surface area contributed by atoms with E-state index in [0.29, 0.717) is 24.7 Å². The Morgan fingerprint density at radius 1 is 0.893 bits per heavy atom. The molecule has 0 saturated carbocycles. The molecule has 3 aromatic carbocycles. The molecule has 0 aliphatic rings. The minimum atomic E-state index is 0.431. The molecule has 0 heterocycles. The van der Waals surface area contributed by atoms with E-state index in [1.54, 1.807) is 13.3 Å². The van der Waals surface area contributed by atoms with Crippen LogP contribution in [0.25, 0.3) is 0 Å². The van der Waals surface area contributed by atoms with Crippen LogP contribution in [0.3, 0.4) is 0 Å². The third-order valence-electron chi connectivity index (χ3n) is 3.98. The molecule has 1 N–H and O–H groups in total. The van der Waals surface area contributed by atoms with E-state index in [1.807, 2.05) is 79.7 Å². The number of rotatable bonds is 9. The molecule has 0 bridgehead atoms. The van der Waals surface area contributed by atoms with Gasteiger partial charge >= 0.3 is 0 Å². The molecule has 0 aliphatic heterocycles. The van der Waals surface area contributed by atoms with Gasteiger partial charge in [0.2, 0.25) is 0 Å². The molecule has 5 heteroatoms. The lowest BCUT2D eigenvalue weighted by Crippen LogP contribution is -2.01. The maximum Gasteiger partial charge on any atom is 0.161 e. The number of methoxy groups -OCH3 is 1. The first-order valence-electron chi connectivity index (χ1n) is 9.15. The summed E-state index contributed by atoms with van der Waals surface area (Å²) in [5, 5.41) is 4.27. The topological polar surface area (TPSA) is 52.1 Å². The van der Waals surface area contributed by atoms with Gasteiger partial charge in [0.15, 0.2) is 11.5 Å². The molecule has 0 unspecified atom stereocenters. The minimum absolute atomic E-state index is 0.431. The quantitative estimate of drug-likeness (QED) is 0.416. The molecule has 144 valence electrons. The molecule has 0 radical (unpaired) electrons. The first kappa shape index (κ1) is 19.3. The first-order valence-corrected chi connectivity index (χ1v) is 9.15. The fourth-order valence-corrected chi connectivity index (χ4v) is 2.61. The third-order valence-corrected chi connectivity index (χ3v) is 3.98. The molecule has 3 rings (SSSR count). The third kappa shape index (κ3) is 5.51. The normalized spacial score (nSPS) is 10.6. The van der Waals surface area contributed by atoms with Gasteiger partial charge in [-0.15, -0.1) is 0 Å². The lowest BCUT2D eigenvalue weighted by molar-refractivity contribution is 0.269. The monoisotopic (exact) mass is 376 g/mol. The van der Waals surface area contributed by atoms with Crippen molar-refractivity contribution in [1.82, 2.24) is 0 Å². The van der Waals surface area contributed by atoms with E-state index in [4.69, 9.17) is 14.2 Å². The summed E-state index contributed by atoms with van der Waals surface area (Å²) in [6.07, 6.45) is 1.75. The highest BCUT2D eigenvalue weighted by Crippen LogP contribution is 2.29. The number of nitrogens with zero attached hydrogens (tertiary/aromatic N) is 1. The van der Waals surface area contributed by atoms with E-state index < -0.39 is 0 Å². The fraction of sp³-hybridized carbons (Fsp3) is 0.174. The summed E-state index contributed by atoms with van der Waals surface area (Å²) in [6.45, 7) is 2.93. The summed E-state index contributed by atoms with van der Waals surface area (Å²) < 4.78 is 17.0. The molecule has 28 heavy (non-hydrogen) atoms. The summed E-state index contributed by atoms with van der Waals surface area (Å²) in [7, 11) is 1.65. The summed E-state index contributed by atoms with van der Waals surface area (Å²) in [5.74, 6) is 2.19. The highest BCUT2D eigenvalue weighted by atomic mass is 16.5. The predicted molar refractivity (Wildman–Crippen MR) is 113 cm³/mol. The Bertz CT molecular complexity index is 911. The summed E-state index contributed by atoms with van der Waals surface area (Å²) in [4.78, 5) is 0. The Morgan fingerprint density at radius 2 is 1.75 bits per heavy atom. The number of hydrogen-bond acceptors (Lipinski definition) is 5. The Balaban J connectivity index is 1.67. The molecule has 5 nitrogen and oxygen atoms in total. The number of hydrogen-bond donors (Lipinski definition) is 1. The minimum Gasteiger partial charge on any atom is -0.497 e. The van der Waals surface area contributed by atoms with Crippen molar-refractivity contribution in [1.29, 1.82) is 0 Å². The van der Waals surface area contributed by atoms with Crippen LogP contribution in [0.5, 0.6) is 17.2 Å². The van der Waals surface area contributed by atoms with Gasteiger partial charge in [-0.25, -0.2) is 0 Å². The Morgan fingerprint density at radius 3 is 2.54 bits per heavy atom. The van der Waals surface area contributed by atoms with Crippen molar-refractivity contribution >= 4 is 11.9 Å². The Labute approximate surface area is 165 Å². The van der Waals surface area contributed by atoms with Gasteiger partial charge in [-0.05, 0) is 60.5 Å². The largest absolute Gasteiger partial charge is 0.497 e. The summed E-state index contributed by atoms with van der Waals surface area (Å²) >= 11 is 0. The molecule has 0 spiro atoms. The lowest BCUT2D eigenvalue weighted by Gasteiger charge is -2.13. The van der Waals surface area contributed by atoms with Gasteiger partial charge in [0.25, 0.3) is 0 Å². The SMILES string of the molecule is CCOc1cc(C=NNc2ccccc2)ccc1OCc1cccc(OC)c1. The number of para-hydroxylation sites is 1. The molecule has 3 aromatic rings. The average Bonchev–Trinajstić information content (AvgIpc) is 2.74. The molecule has 0 aromatic heterocycles. The van der Waals surface area contributed by atoms with E-state index in [-0.39, 0.29) is 0 Å². The maximum atomic E-state index is 5.96. The zero-order valence-corrected chi connectivity index (χ0v) is 16.1. The number of hydrazone groups is 1. The van der Waals surface area contributed by atoms with Gasteiger partial charge in [-0.1, -0.05) is 30.3 Å². The Kier molecular flexibility index (Phi) is 6.90. The van der Waals surface area contributed by atoms with E-state index in [1.165, 1.54) is 0 Å². The van der Waals surface area contributed by atoms with Crippen LogP contribution >= 0.6 is 0 Å². The van der Waals surface area contributed by atoms with Crippen molar-refractivity contribution in [2.75, 3.05) is 19.1 Å². The van der Waals surface area contributed by atoms with E-state index >= 15 is 0 Å². The molecular weight excluding hydrogens is 352 g/mol. The zero-order chi connectivity index (χ0) is 19.6. The van der Waals surface area contributed by atoms with E-state index in [9.17, 15) is 0 Å². The Hall–Kier alpha value is -3.47. The standard InChI is InChI=1S/C23H24N2O3/c1-3-27-23-15-18(16-24-25-20-9-5-4-6-10-20)12-13-22(23)28-17-19-8-7-11-21(14-19)26-2/h4-16,25H,3,17H2,1-2H3. The van der Waals surface area contributed by atoms with Gasteiger partial charge in [0.05, 0.1) is 25.6 Å². The summed E-state index contributed by atoms with van der Waals surface area (Å²) in [6, 6.07) is 23.4. The van der Waals surface area contributed by atoms with Crippen molar-refractivity contribution in [3.63, 3.8) is 0 Å². The maximum absolute atomic E-state index is 5.96. The van der Waals surface area contributed by atoms with Crippen LogP contribution in [-0.2, 0) is 6.61 Å². The summed E-state index contributed by atoms with van der Waals surface area (Å²) in [5.41, 5.74) is 5.88. The molecule has 0 amide bonds. The van der Waals surface area contributed by atoms with Gasteiger partial charge in [0.1, 0.15) is 12.4 Å². The van der Waals surface area contributed by atoms with Crippen LogP contribution in [0.1, 0.15) is 18.1 Å². The van der Waals surface area contributed by atoms with Gasteiger partial charge in [-0.2, -0.15) is 5.10 Å². The number of ether oxygens (including phenoxy) is 3. The molecule has 0 atom stereocenters. The highest BCUT2D eigenvalue weighted by Gasteiger charge is 2.07. The van der Waals surface area contributed by atoms with Crippen LogP contribution in [0.4, 0.5) is 5.69 Å². The molecular formula is C23H24N2O3. The first-order chi connectivity index (χ1) is 13.8. The van der Waals surface area contributed by atoms with Crippen LogP contribution < -0.4 is 19.6 Å². The van der Waals surface area contributed by atoms with Gasteiger partial charge in [-0.3, -0.25) is 5.43 Å². The van der Waals surface area contributed by atoms with Crippen LogP contribution in [0.2, 0.25) is 0 Å². The highest BCUT2D eigenvalue weighted by molar-refractivity contribution is 5.81. The molecule has 0 saturated heterocycles. The second kappa shape index (κ2) is 10.0. The second-order valence-electron chi connectivity index (χ2n) is 6.02. The molecule has 0 aliphatic carbocycles. The number of benzene rings is 3. The van der Waals surface area contributed by atoms with E-state index in [0.717, 1.165) is 22.6 Å². The predicted octanol–water partition coefficient (Wildman–Crippen LogP) is 5.12. The van der Waals surface area contributed by atoms with Crippen molar-refractivity contribution < 1.29 is 14.2 Å². The van der Waals surface area contributed by atoms with Crippen LogP contribution in [0, 0.1) is 0 Å². The van der Waals surface area contributed by atoms with Crippen molar-refractivity contribution in [3.8, 4) is 17.2 Å². The smallest absolute Gasteiger partial charge is 0.161 e. The van der Waals surface area contributed by atoms with Crippen molar-refractivity contribution in [2.24, 2.45) is 5.10 Å². The average molecular weight is 376 g/mol. The lowest BCUT2D eigenvalue weighted by atomic mass is 10.2. The number of nitrogens with one attached hydrogen (secondary N) is 1. The second-order valence-corrected chi connectivity index (χ2v) is 6.02. The zero-order valence-electron chi connectivity index (χ0n) is 16.1.